The maximum atomic E-state index is 13.9. The van der Waals surface area contributed by atoms with Crippen LogP contribution in [0.5, 0.6) is 0 Å². The Morgan fingerprint density at radius 3 is 3.17 bits per heavy atom. The van der Waals surface area contributed by atoms with E-state index in [9.17, 15) is 4.39 Å². The topological polar surface area (TPSA) is 41.0 Å². The summed E-state index contributed by atoms with van der Waals surface area (Å²) >= 11 is 1.71. The summed E-state index contributed by atoms with van der Waals surface area (Å²) in [5.74, 6) is 0.203. The second-order valence-electron chi connectivity index (χ2n) is 6.20. The highest BCUT2D eigenvalue weighted by atomic mass is 32.1. The van der Waals surface area contributed by atoms with Crippen LogP contribution in [0.1, 0.15) is 24.9 Å². The molecule has 4 heterocycles. The fraction of sp³-hybridized carbons (Fsp3) is 0.333. The van der Waals surface area contributed by atoms with Crippen LogP contribution >= 0.6 is 11.3 Å². The number of rotatable bonds is 4. The van der Waals surface area contributed by atoms with Gasteiger partial charge < -0.3 is 10.2 Å². The molecule has 3 aromatic heterocycles. The first-order chi connectivity index (χ1) is 11.7. The third-order valence-electron chi connectivity index (χ3n) is 4.54. The first kappa shape index (κ1) is 15.5. The number of pyridine rings is 2. The average molecular weight is 342 g/mol. The minimum absolute atomic E-state index is 0.211. The first-order valence-corrected chi connectivity index (χ1v) is 9.03. The summed E-state index contributed by atoms with van der Waals surface area (Å²) in [6.45, 7) is 3.74. The molecular formula is C18H19FN4S. The summed E-state index contributed by atoms with van der Waals surface area (Å²) in [6, 6.07) is 7.87. The molecule has 0 bridgehead atoms. The normalized spacial score (nSPS) is 19.1. The van der Waals surface area contributed by atoms with Gasteiger partial charge in [0.2, 0.25) is 0 Å². The lowest BCUT2D eigenvalue weighted by Crippen LogP contribution is -2.34. The molecule has 0 amide bonds. The summed E-state index contributed by atoms with van der Waals surface area (Å²) in [5.41, 5.74) is 2.24. The molecule has 0 spiro atoms. The third kappa shape index (κ3) is 2.99. The van der Waals surface area contributed by atoms with E-state index in [0.717, 1.165) is 25.0 Å². The van der Waals surface area contributed by atoms with Crippen LogP contribution in [0.4, 0.5) is 10.2 Å². The Hall–Kier alpha value is -2.05. The SMILES string of the molecule is C[C@H](N[C@H]1CCN(c2ncccc2F)C1)c1cnc2ccsc2c1. The van der Waals surface area contributed by atoms with Gasteiger partial charge >= 0.3 is 0 Å². The van der Waals surface area contributed by atoms with E-state index in [-0.39, 0.29) is 11.9 Å². The summed E-state index contributed by atoms with van der Waals surface area (Å²) in [5, 5.41) is 5.71. The minimum atomic E-state index is -0.251. The van der Waals surface area contributed by atoms with E-state index in [1.165, 1.54) is 16.3 Å². The van der Waals surface area contributed by atoms with Gasteiger partial charge in [0, 0.05) is 37.6 Å². The molecule has 3 aromatic rings. The van der Waals surface area contributed by atoms with Crippen molar-refractivity contribution in [3.05, 3.63) is 53.4 Å². The van der Waals surface area contributed by atoms with Crippen molar-refractivity contribution in [3.63, 3.8) is 0 Å². The van der Waals surface area contributed by atoms with Crippen molar-refractivity contribution < 1.29 is 4.39 Å². The highest BCUT2D eigenvalue weighted by Crippen LogP contribution is 2.25. The van der Waals surface area contributed by atoms with Crippen molar-refractivity contribution >= 4 is 27.4 Å². The van der Waals surface area contributed by atoms with Crippen LogP contribution in [0.3, 0.4) is 0 Å². The van der Waals surface area contributed by atoms with E-state index in [2.05, 4.69) is 33.7 Å². The maximum absolute atomic E-state index is 13.9. The highest BCUT2D eigenvalue weighted by Gasteiger charge is 2.26. The van der Waals surface area contributed by atoms with Gasteiger partial charge in [0.15, 0.2) is 11.6 Å². The van der Waals surface area contributed by atoms with E-state index in [1.807, 2.05) is 17.2 Å². The predicted molar refractivity (Wildman–Crippen MR) is 96.0 cm³/mol. The molecule has 0 radical (unpaired) electrons. The van der Waals surface area contributed by atoms with E-state index < -0.39 is 0 Å². The molecule has 4 nitrogen and oxygen atoms in total. The Morgan fingerprint density at radius 2 is 2.29 bits per heavy atom. The van der Waals surface area contributed by atoms with Gasteiger partial charge in [-0.2, -0.15) is 0 Å². The molecule has 124 valence electrons. The number of nitrogens with one attached hydrogen (secondary N) is 1. The number of hydrogen-bond acceptors (Lipinski definition) is 5. The number of thiophene rings is 1. The van der Waals surface area contributed by atoms with Crippen LogP contribution in [0.25, 0.3) is 10.2 Å². The summed E-state index contributed by atoms with van der Waals surface area (Å²) in [7, 11) is 0. The summed E-state index contributed by atoms with van der Waals surface area (Å²) in [6.07, 6.45) is 4.57. The van der Waals surface area contributed by atoms with Crippen molar-refractivity contribution in [2.24, 2.45) is 0 Å². The number of nitrogens with zero attached hydrogens (tertiary/aromatic N) is 3. The Morgan fingerprint density at radius 1 is 1.38 bits per heavy atom. The van der Waals surface area contributed by atoms with Crippen LogP contribution in [0, 0.1) is 5.82 Å². The quantitative estimate of drug-likeness (QED) is 0.784. The Kier molecular flexibility index (Phi) is 4.16. The predicted octanol–water partition coefficient (Wildman–Crippen LogP) is 3.76. The average Bonchev–Trinajstić information content (AvgIpc) is 3.23. The van der Waals surface area contributed by atoms with Gasteiger partial charge in [-0.05, 0) is 48.6 Å². The Bertz CT molecular complexity index is 850. The van der Waals surface area contributed by atoms with Crippen LogP contribution in [-0.4, -0.2) is 29.1 Å². The fourth-order valence-corrected chi connectivity index (χ4v) is 4.04. The third-order valence-corrected chi connectivity index (χ3v) is 5.39. The molecule has 0 saturated carbocycles. The van der Waals surface area contributed by atoms with E-state index in [0.29, 0.717) is 11.9 Å². The molecule has 24 heavy (non-hydrogen) atoms. The molecule has 0 aromatic carbocycles. The van der Waals surface area contributed by atoms with Crippen molar-refractivity contribution in [2.45, 2.75) is 25.4 Å². The van der Waals surface area contributed by atoms with Crippen LogP contribution in [0.2, 0.25) is 0 Å². The highest BCUT2D eigenvalue weighted by molar-refractivity contribution is 7.17. The van der Waals surface area contributed by atoms with Crippen molar-refractivity contribution in [1.82, 2.24) is 15.3 Å². The number of anilines is 1. The summed E-state index contributed by atoms with van der Waals surface area (Å²) < 4.78 is 15.1. The van der Waals surface area contributed by atoms with Gasteiger partial charge in [0.25, 0.3) is 0 Å². The largest absolute Gasteiger partial charge is 0.353 e. The fourth-order valence-electron chi connectivity index (χ4n) is 3.25. The maximum Gasteiger partial charge on any atom is 0.165 e. The molecule has 4 rings (SSSR count). The van der Waals surface area contributed by atoms with Crippen LogP contribution < -0.4 is 10.2 Å². The standard InChI is InChI=1S/C18H19FN4S/c1-12(13-9-17-16(21-10-13)5-8-24-17)22-14-4-7-23(11-14)18-15(19)3-2-6-20-18/h2-3,5-6,8-10,12,14,22H,4,7,11H2,1H3/t12-,14-/m0/s1. The van der Waals surface area contributed by atoms with Gasteiger partial charge in [-0.3, -0.25) is 4.98 Å². The number of fused-ring (bicyclic) bond motifs is 1. The van der Waals surface area contributed by atoms with Crippen molar-refractivity contribution in [1.29, 1.82) is 0 Å². The molecule has 1 N–H and O–H groups in total. The molecule has 1 saturated heterocycles. The van der Waals surface area contributed by atoms with Gasteiger partial charge in [0.05, 0.1) is 10.2 Å². The van der Waals surface area contributed by atoms with Crippen molar-refractivity contribution in [3.8, 4) is 0 Å². The van der Waals surface area contributed by atoms with E-state index >= 15 is 0 Å². The Balaban J connectivity index is 1.43. The number of aromatic nitrogens is 2. The first-order valence-electron chi connectivity index (χ1n) is 8.15. The Labute approximate surface area is 144 Å². The number of hydrogen-bond donors (Lipinski definition) is 1. The van der Waals surface area contributed by atoms with E-state index in [4.69, 9.17) is 0 Å². The zero-order chi connectivity index (χ0) is 16.5. The second kappa shape index (κ2) is 6.45. The molecule has 2 atom stereocenters. The lowest BCUT2D eigenvalue weighted by Gasteiger charge is -2.21. The molecule has 0 aliphatic carbocycles. The van der Waals surface area contributed by atoms with Crippen LogP contribution in [0.15, 0.2) is 42.0 Å². The molecule has 1 aliphatic heterocycles. The smallest absolute Gasteiger partial charge is 0.165 e. The zero-order valence-electron chi connectivity index (χ0n) is 13.4. The van der Waals surface area contributed by atoms with Crippen LogP contribution in [-0.2, 0) is 0 Å². The monoisotopic (exact) mass is 342 g/mol. The lowest BCUT2D eigenvalue weighted by atomic mass is 10.1. The molecule has 0 unspecified atom stereocenters. The van der Waals surface area contributed by atoms with Gasteiger partial charge in [-0.1, -0.05) is 0 Å². The second-order valence-corrected chi connectivity index (χ2v) is 7.15. The van der Waals surface area contributed by atoms with E-state index in [1.54, 1.807) is 23.6 Å². The lowest BCUT2D eigenvalue weighted by molar-refractivity contribution is 0.480. The zero-order valence-corrected chi connectivity index (χ0v) is 14.3. The number of halogens is 1. The van der Waals surface area contributed by atoms with Gasteiger partial charge in [-0.15, -0.1) is 11.3 Å². The minimum Gasteiger partial charge on any atom is -0.353 e. The summed E-state index contributed by atoms with van der Waals surface area (Å²) in [4.78, 5) is 10.7. The molecule has 6 heteroatoms. The van der Waals surface area contributed by atoms with Gasteiger partial charge in [-0.25, -0.2) is 9.37 Å². The van der Waals surface area contributed by atoms with Gasteiger partial charge in [0.1, 0.15) is 0 Å². The molecular weight excluding hydrogens is 323 g/mol. The molecule has 1 aliphatic rings. The van der Waals surface area contributed by atoms with Crippen molar-refractivity contribution in [2.75, 3.05) is 18.0 Å². The molecule has 1 fully saturated rings.